The predicted molar refractivity (Wildman–Crippen MR) is 88.4 cm³/mol. The van der Waals surface area contributed by atoms with Gasteiger partial charge in [-0.15, -0.1) is 11.3 Å². The molecule has 0 aliphatic rings. The van der Waals surface area contributed by atoms with Gasteiger partial charge < -0.3 is 0 Å². The van der Waals surface area contributed by atoms with Gasteiger partial charge in [-0.05, 0) is 36.0 Å². The summed E-state index contributed by atoms with van der Waals surface area (Å²) in [5, 5.41) is 4.12. The average molecular weight is 338 g/mol. The summed E-state index contributed by atoms with van der Waals surface area (Å²) in [6.45, 7) is 11.1. The third-order valence-electron chi connectivity index (χ3n) is 3.32. The lowest BCUT2D eigenvalue weighted by Gasteiger charge is -2.22. The minimum atomic E-state index is 0.192. The molecular formula is C16H20BrNS. The van der Waals surface area contributed by atoms with Crippen molar-refractivity contribution in [1.82, 2.24) is 4.98 Å². The van der Waals surface area contributed by atoms with E-state index < -0.39 is 0 Å². The number of hydrogen-bond acceptors (Lipinski definition) is 2. The molecule has 1 aromatic carbocycles. The van der Waals surface area contributed by atoms with Crippen molar-refractivity contribution in [3.05, 3.63) is 39.2 Å². The molecule has 1 aromatic heterocycles. The molecule has 0 N–H and O–H groups in total. The maximum atomic E-state index is 4.68. The van der Waals surface area contributed by atoms with Gasteiger partial charge in [0.25, 0.3) is 0 Å². The highest BCUT2D eigenvalue weighted by Crippen LogP contribution is 2.33. The Hall–Kier alpha value is -0.670. The van der Waals surface area contributed by atoms with Gasteiger partial charge in [-0.3, -0.25) is 0 Å². The molecule has 0 saturated carbocycles. The normalized spacial score (nSPS) is 11.9. The summed E-state index contributed by atoms with van der Waals surface area (Å²) in [7, 11) is 0. The van der Waals surface area contributed by atoms with Crippen LogP contribution in [0, 0.1) is 13.8 Å². The van der Waals surface area contributed by atoms with Crippen molar-refractivity contribution in [2.24, 2.45) is 0 Å². The number of aromatic nitrogens is 1. The zero-order chi connectivity index (χ0) is 14.2. The third kappa shape index (κ3) is 3.09. The predicted octanol–water partition coefficient (Wildman–Crippen LogP) is 5.62. The molecule has 1 nitrogen and oxygen atoms in total. The first-order valence-corrected chi connectivity index (χ1v) is 8.45. The average Bonchev–Trinajstić information content (AvgIpc) is 2.75. The van der Waals surface area contributed by atoms with Crippen LogP contribution in [0.15, 0.2) is 17.5 Å². The molecule has 0 saturated heterocycles. The van der Waals surface area contributed by atoms with E-state index in [1.807, 2.05) is 0 Å². The van der Waals surface area contributed by atoms with E-state index in [-0.39, 0.29) is 5.41 Å². The fourth-order valence-electron chi connectivity index (χ4n) is 2.29. The molecule has 1 heterocycles. The molecule has 19 heavy (non-hydrogen) atoms. The number of alkyl halides is 1. The van der Waals surface area contributed by atoms with Crippen molar-refractivity contribution in [3.63, 3.8) is 0 Å². The van der Waals surface area contributed by atoms with Crippen molar-refractivity contribution >= 4 is 27.3 Å². The highest BCUT2D eigenvalue weighted by atomic mass is 79.9. The van der Waals surface area contributed by atoms with Crippen molar-refractivity contribution < 1.29 is 0 Å². The van der Waals surface area contributed by atoms with Gasteiger partial charge in [0.2, 0.25) is 0 Å². The lowest BCUT2D eigenvalue weighted by Crippen LogP contribution is -2.12. The van der Waals surface area contributed by atoms with E-state index in [2.05, 4.69) is 73.0 Å². The standard InChI is InChI=1S/C16H20BrNS/c1-10-6-12(16(3,4)5)7-11(2)15(10)13-9-19-14(8-17)18-13/h6-7,9H,8H2,1-5H3. The van der Waals surface area contributed by atoms with Crippen molar-refractivity contribution in [1.29, 1.82) is 0 Å². The van der Waals surface area contributed by atoms with Gasteiger partial charge >= 0.3 is 0 Å². The van der Waals surface area contributed by atoms with Crippen LogP contribution < -0.4 is 0 Å². The van der Waals surface area contributed by atoms with Gasteiger partial charge in [-0.1, -0.05) is 48.8 Å². The van der Waals surface area contributed by atoms with E-state index in [1.165, 1.54) is 22.3 Å². The van der Waals surface area contributed by atoms with Gasteiger partial charge in [0.05, 0.1) is 11.0 Å². The molecule has 0 spiro atoms. The molecule has 0 aliphatic carbocycles. The van der Waals surface area contributed by atoms with Crippen molar-refractivity contribution in [2.45, 2.75) is 45.4 Å². The fourth-order valence-corrected chi connectivity index (χ4v) is 3.44. The lowest BCUT2D eigenvalue weighted by atomic mass is 9.83. The Labute approximate surface area is 128 Å². The molecule has 0 amide bonds. The Morgan fingerprint density at radius 1 is 1.16 bits per heavy atom. The molecule has 0 fully saturated rings. The zero-order valence-corrected chi connectivity index (χ0v) is 14.6. The SMILES string of the molecule is Cc1cc(C(C)(C)C)cc(C)c1-c1csc(CBr)n1. The molecule has 2 rings (SSSR count). The molecule has 2 aromatic rings. The number of benzene rings is 1. The molecule has 3 heteroatoms. The summed E-state index contributed by atoms with van der Waals surface area (Å²) < 4.78 is 0. The first-order chi connectivity index (χ1) is 8.82. The summed E-state index contributed by atoms with van der Waals surface area (Å²) in [4.78, 5) is 4.68. The van der Waals surface area contributed by atoms with Gasteiger partial charge in [-0.25, -0.2) is 4.98 Å². The number of nitrogens with zero attached hydrogens (tertiary/aromatic N) is 1. The maximum Gasteiger partial charge on any atom is 0.104 e. The number of rotatable bonds is 2. The molecule has 0 aliphatic heterocycles. The van der Waals surface area contributed by atoms with Gasteiger partial charge in [-0.2, -0.15) is 0 Å². The maximum absolute atomic E-state index is 4.68. The zero-order valence-electron chi connectivity index (χ0n) is 12.2. The molecule has 0 bridgehead atoms. The van der Waals surface area contributed by atoms with Crippen LogP contribution in [0.2, 0.25) is 0 Å². The minimum Gasteiger partial charge on any atom is -0.240 e. The lowest BCUT2D eigenvalue weighted by molar-refractivity contribution is 0.589. The summed E-state index contributed by atoms with van der Waals surface area (Å²) in [6, 6.07) is 4.60. The van der Waals surface area contributed by atoms with Crippen LogP contribution >= 0.6 is 27.3 Å². The van der Waals surface area contributed by atoms with E-state index in [4.69, 9.17) is 0 Å². The van der Waals surface area contributed by atoms with Crippen LogP contribution in [-0.4, -0.2) is 4.98 Å². The summed E-state index contributed by atoms with van der Waals surface area (Å²) in [6.07, 6.45) is 0. The molecule has 0 unspecified atom stereocenters. The highest BCUT2D eigenvalue weighted by molar-refractivity contribution is 9.08. The Balaban J connectivity index is 2.53. The van der Waals surface area contributed by atoms with E-state index >= 15 is 0 Å². The number of halogens is 1. The number of hydrogen-bond donors (Lipinski definition) is 0. The summed E-state index contributed by atoms with van der Waals surface area (Å²) >= 11 is 5.18. The number of thiazole rings is 1. The first kappa shape index (κ1) is 14.7. The van der Waals surface area contributed by atoms with Gasteiger partial charge in [0.15, 0.2) is 0 Å². The van der Waals surface area contributed by atoms with E-state index in [0.29, 0.717) is 0 Å². The second-order valence-electron chi connectivity index (χ2n) is 6.00. The van der Waals surface area contributed by atoms with Crippen molar-refractivity contribution in [3.8, 4) is 11.3 Å². The van der Waals surface area contributed by atoms with Gasteiger partial charge in [0, 0.05) is 10.9 Å². The van der Waals surface area contributed by atoms with Crippen LogP contribution in [0.1, 0.15) is 42.5 Å². The molecule has 102 valence electrons. The van der Waals surface area contributed by atoms with E-state index in [1.54, 1.807) is 11.3 Å². The van der Waals surface area contributed by atoms with E-state index in [9.17, 15) is 0 Å². The topological polar surface area (TPSA) is 12.9 Å². The Bertz CT molecular complexity index is 570. The third-order valence-corrected chi connectivity index (χ3v) is 5.07. The fraction of sp³-hybridized carbons (Fsp3) is 0.438. The first-order valence-electron chi connectivity index (χ1n) is 6.45. The Morgan fingerprint density at radius 3 is 2.16 bits per heavy atom. The smallest absolute Gasteiger partial charge is 0.104 e. The molecule has 0 radical (unpaired) electrons. The largest absolute Gasteiger partial charge is 0.240 e. The van der Waals surface area contributed by atoms with Gasteiger partial charge in [0.1, 0.15) is 5.01 Å². The summed E-state index contributed by atoms with van der Waals surface area (Å²) in [5.74, 6) is 0. The van der Waals surface area contributed by atoms with Crippen LogP contribution in [0.25, 0.3) is 11.3 Å². The van der Waals surface area contributed by atoms with Crippen molar-refractivity contribution in [2.75, 3.05) is 0 Å². The van der Waals surface area contributed by atoms with Crippen LogP contribution in [-0.2, 0) is 10.7 Å². The van der Waals surface area contributed by atoms with Crippen LogP contribution in [0.5, 0.6) is 0 Å². The van der Waals surface area contributed by atoms with E-state index in [0.717, 1.165) is 16.0 Å². The second kappa shape index (κ2) is 5.37. The second-order valence-corrected chi connectivity index (χ2v) is 7.50. The monoisotopic (exact) mass is 337 g/mol. The minimum absolute atomic E-state index is 0.192. The van der Waals surface area contributed by atoms with Crippen LogP contribution in [0.3, 0.4) is 0 Å². The quantitative estimate of drug-likeness (QED) is 0.648. The van der Waals surface area contributed by atoms with Crippen LogP contribution in [0.4, 0.5) is 0 Å². The molecule has 0 atom stereocenters. The number of aryl methyl sites for hydroxylation is 2. The highest BCUT2D eigenvalue weighted by Gasteiger charge is 2.17. The molecular weight excluding hydrogens is 318 g/mol. The Morgan fingerprint density at radius 2 is 1.74 bits per heavy atom. The summed E-state index contributed by atoms with van der Waals surface area (Å²) in [5.41, 5.74) is 6.61. The Kier molecular flexibility index (Phi) is 4.17.